The first-order valence-corrected chi connectivity index (χ1v) is 10.6. The summed E-state index contributed by atoms with van der Waals surface area (Å²) in [6.45, 7) is 5.57. The van der Waals surface area contributed by atoms with Crippen LogP contribution >= 0.6 is 0 Å². The van der Waals surface area contributed by atoms with Gasteiger partial charge >= 0.3 is 0 Å². The fourth-order valence-corrected chi connectivity index (χ4v) is 4.13. The highest BCUT2D eigenvalue weighted by molar-refractivity contribution is 5.85. The zero-order chi connectivity index (χ0) is 21.4. The Morgan fingerprint density at radius 2 is 2.00 bits per heavy atom. The Kier molecular flexibility index (Phi) is 4.93. The number of piperidine rings is 1. The van der Waals surface area contributed by atoms with E-state index >= 15 is 0 Å². The van der Waals surface area contributed by atoms with Crippen molar-refractivity contribution in [3.05, 3.63) is 42.9 Å². The van der Waals surface area contributed by atoms with Gasteiger partial charge in [0.1, 0.15) is 5.52 Å². The van der Waals surface area contributed by atoms with Crippen LogP contribution in [0, 0.1) is 0 Å². The molecule has 0 saturated carbocycles. The Morgan fingerprint density at radius 1 is 1.19 bits per heavy atom. The number of ether oxygens (including phenoxy) is 1. The number of carbonyl (C=O) groups is 1. The number of pyridine rings is 1. The van der Waals surface area contributed by atoms with Crippen molar-refractivity contribution in [3.63, 3.8) is 0 Å². The van der Waals surface area contributed by atoms with Gasteiger partial charge in [0.15, 0.2) is 0 Å². The second kappa shape index (κ2) is 7.90. The lowest BCUT2D eigenvalue weighted by Gasteiger charge is -2.31. The summed E-state index contributed by atoms with van der Waals surface area (Å²) >= 11 is 0. The Hall–Kier alpha value is -3.62. The number of carbonyl (C=O) groups excluding carboxylic acids is 1. The van der Waals surface area contributed by atoms with Gasteiger partial charge in [-0.25, -0.2) is 9.03 Å². The Labute approximate surface area is 179 Å². The van der Waals surface area contributed by atoms with Crippen molar-refractivity contribution in [3.8, 4) is 17.0 Å². The molecule has 0 atom stereocenters. The van der Waals surface area contributed by atoms with E-state index in [1.165, 1.54) is 0 Å². The van der Waals surface area contributed by atoms with Crippen LogP contribution < -0.4 is 10.1 Å². The fourth-order valence-electron chi connectivity index (χ4n) is 4.13. The van der Waals surface area contributed by atoms with E-state index in [1.54, 1.807) is 13.1 Å². The smallest absolute Gasteiger partial charge is 0.244 e. The summed E-state index contributed by atoms with van der Waals surface area (Å²) in [6, 6.07) is 8.35. The number of nitrogens with zero attached hydrogens (tertiary/aromatic N) is 6. The van der Waals surface area contributed by atoms with Crippen LogP contribution in [0.25, 0.3) is 22.2 Å². The van der Waals surface area contributed by atoms with Crippen molar-refractivity contribution in [2.75, 3.05) is 25.0 Å². The van der Waals surface area contributed by atoms with Crippen LogP contribution in [0.5, 0.6) is 5.88 Å². The molecular weight excluding hydrogens is 394 g/mol. The zero-order valence-electron chi connectivity index (χ0n) is 17.7. The van der Waals surface area contributed by atoms with E-state index in [0.29, 0.717) is 18.4 Å². The quantitative estimate of drug-likeness (QED) is 0.535. The zero-order valence-corrected chi connectivity index (χ0v) is 17.7. The van der Waals surface area contributed by atoms with Gasteiger partial charge < -0.3 is 15.0 Å². The predicted octanol–water partition coefficient (Wildman–Crippen LogP) is 2.87. The third kappa shape index (κ3) is 3.67. The van der Waals surface area contributed by atoms with E-state index in [4.69, 9.17) is 4.74 Å². The molecule has 1 aliphatic heterocycles. The Morgan fingerprint density at radius 3 is 2.77 bits per heavy atom. The number of nitrogens with one attached hydrogen (secondary N) is 1. The molecule has 0 aliphatic carbocycles. The molecule has 0 spiro atoms. The van der Waals surface area contributed by atoms with Gasteiger partial charge in [-0.05, 0) is 49.6 Å². The van der Waals surface area contributed by atoms with Gasteiger partial charge in [0.05, 0.1) is 12.1 Å². The van der Waals surface area contributed by atoms with E-state index in [-0.39, 0.29) is 11.9 Å². The standard InChI is InChI=1S/C22H25N7O2/c1-3-31-21-20-19(16-5-12-28-18(14-16)4-9-23-28)8-13-29(20)26-22(25-21)24-17-6-10-27(11-7-17)15(2)30/h4-5,8-9,12-14,17H,3,6-7,10-11H2,1-2H3,(H,24,26). The van der Waals surface area contributed by atoms with Crippen LogP contribution in [0.4, 0.5) is 5.95 Å². The number of hydrogen-bond donors (Lipinski definition) is 1. The van der Waals surface area contributed by atoms with Gasteiger partial charge in [-0.2, -0.15) is 10.1 Å². The maximum Gasteiger partial charge on any atom is 0.244 e. The third-order valence-electron chi connectivity index (χ3n) is 5.74. The van der Waals surface area contributed by atoms with Gasteiger partial charge in [0.2, 0.25) is 17.7 Å². The van der Waals surface area contributed by atoms with Crippen molar-refractivity contribution in [1.82, 2.24) is 29.1 Å². The van der Waals surface area contributed by atoms with Crippen LogP contribution in [0.15, 0.2) is 42.9 Å². The highest BCUT2D eigenvalue weighted by Crippen LogP contribution is 2.32. The molecule has 0 unspecified atom stereocenters. The molecule has 4 aromatic heterocycles. The maximum atomic E-state index is 11.6. The summed E-state index contributed by atoms with van der Waals surface area (Å²) in [5.41, 5.74) is 3.92. The monoisotopic (exact) mass is 419 g/mol. The molecule has 0 aromatic carbocycles. The first-order valence-electron chi connectivity index (χ1n) is 10.6. The molecular formula is C22H25N7O2. The van der Waals surface area contributed by atoms with Gasteiger partial charge in [-0.1, -0.05) is 0 Å². The predicted molar refractivity (Wildman–Crippen MR) is 117 cm³/mol. The van der Waals surface area contributed by atoms with Gasteiger partial charge in [0, 0.05) is 50.2 Å². The van der Waals surface area contributed by atoms with Crippen LogP contribution in [0.1, 0.15) is 26.7 Å². The number of fused-ring (bicyclic) bond motifs is 2. The SMILES string of the molecule is CCOc1nc(NC2CCN(C(C)=O)CC2)nn2ccc(-c3ccn4nccc4c3)c12. The topological polar surface area (TPSA) is 89.1 Å². The second-order valence-electron chi connectivity index (χ2n) is 7.74. The maximum absolute atomic E-state index is 11.6. The molecule has 160 valence electrons. The third-order valence-corrected chi connectivity index (χ3v) is 5.74. The molecule has 1 saturated heterocycles. The van der Waals surface area contributed by atoms with Gasteiger partial charge in [0.25, 0.3) is 0 Å². The lowest BCUT2D eigenvalue weighted by atomic mass is 10.1. The molecule has 31 heavy (non-hydrogen) atoms. The van der Waals surface area contributed by atoms with Crippen LogP contribution in [-0.4, -0.2) is 60.8 Å². The minimum absolute atomic E-state index is 0.128. The summed E-state index contributed by atoms with van der Waals surface area (Å²) in [5, 5.41) is 12.4. The largest absolute Gasteiger partial charge is 0.476 e. The van der Waals surface area contributed by atoms with Gasteiger partial charge in [-0.3, -0.25) is 4.79 Å². The Bertz CT molecular complexity index is 1240. The summed E-state index contributed by atoms with van der Waals surface area (Å²) in [7, 11) is 0. The molecule has 5 rings (SSSR count). The number of amides is 1. The molecule has 1 aliphatic rings. The van der Waals surface area contributed by atoms with E-state index in [9.17, 15) is 4.79 Å². The summed E-state index contributed by atoms with van der Waals surface area (Å²) < 4.78 is 9.56. The average molecular weight is 419 g/mol. The highest BCUT2D eigenvalue weighted by Gasteiger charge is 2.22. The van der Waals surface area contributed by atoms with Crippen molar-refractivity contribution in [2.45, 2.75) is 32.7 Å². The summed E-state index contributed by atoms with van der Waals surface area (Å²) in [5.74, 6) is 1.21. The molecule has 9 nitrogen and oxygen atoms in total. The van der Waals surface area contributed by atoms with Crippen molar-refractivity contribution in [2.24, 2.45) is 0 Å². The van der Waals surface area contributed by atoms with Crippen LogP contribution in [0.3, 0.4) is 0 Å². The Balaban J connectivity index is 1.46. The minimum atomic E-state index is 0.128. The minimum Gasteiger partial charge on any atom is -0.476 e. The molecule has 1 N–H and O–H groups in total. The summed E-state index contributed by atoms with van der Waals surface area (Å²) in [6.07, 6.45) is 7.39. The molecule has 0 bridgehead atoms. The molecule has 9 heteroatoms. The number of hydrogen-bond acceptors (Lipinski definition) is 6. The first-order chi connectivity index (χ1) is 15.1. The first kappa shape index (κ1) is 19.3. The van der Waals surface area contributed by atoms with Crippen LogP contribution in [-0.2, 0) is 4.79 Å². The average Bonchev–Trinajstić information content (AvgIpc) is 3.40. The van der Waals surface area contributed by atoms with E-state index in [0.717, 1.165) is 48.1 Å². The molecule has 5 heterocycles. The van der Waals surface area contributed by atoms with Gasteiger partial charge in [-0.15, -0.1) is 5.10 Å². The number of likely N-dealkylation sites (tertiary alicyclic amines) is 1. The summed E-state index contributed by atoms with van der Waals surface area (Å²) in [4.78, 5) is 18.1. The highest BCUT2D eigenvalue weighted by atomic mass is 16.5. The van der Waals surface area contributed by atoms with E-state index < -0.39 is 0 Å². The van der Waals surface area contributed by atoms with Crippen molar-refractivity contribution >= 4 is 22.9 Å². The second-order valence-corrected chi connectivity index (χ2v) is 7.74. The van der Waals surface area contributed by atoms with Crippen LogP contribution in [0.2, 0.25) is 0 Å². The van der Waals surface area contributed by atoms with Crippen molar-refractivity contribution < 1.29 is 9.53 Å². The molecule has 0 radical (unpaired) electrons. The molecule has 4 aromatic rings. The van der Waals surface area contributed by atoms with Crippen molar-refractivity contribution in [1.29, 1.82) is 0 Å². The number of rotatable bonds is 5. The molecule has 1 amide bonds. The number of anilines is 1. The van der Waals surface area contributed by atoms with E-state index in [1.807, 2.05) is 51.4 Å². The van der Waals surface area contributed by atoms with E-state index in [2.05, 4.69) is 26.6 Å². The molecule has 1 fully saturated rings. The number of aromatic nitrogens is 5. The fraction of sp³-hybridized carbons (Fsp3) is 0.364. The lowest BCUT2D eigenvalue weighted by molar-refractivity contribution is -0.129. The lowest BCUT2D eigenvalue weighted by Crippen LogP contribution is -2.41. The normalized spacial score (nSPS) is 15.0.